The van der Waals surface area contributed by atoms with E-state index in [1.165, 1.54) is 4.90 Å². The average molecular weight is 527 g/mol. The molecule has 10 heteroatoms. The second-order valence-electron chi connectivity index (χ2n) is 9.47. The first kappa shape index (κ1) is 26.9. The van der Waals surface area contributed by atoms with E-state index in [0.29, 0.717) is 37.7 Å². The molecule has 37 heavy (non-hydrogen) atoms. The van der Waals surface area contributed by atoms with Crippen LogP contribution in [-0.4, -0.2) is 67.3 Å². The number of likely N-dealkylation sites (N-methyl/N-ethyl adjacent to an activating group) is 1. The number of fused-ring (bicyclic) bond motifs is 1. The summed E-state index contributed by atoms with van der Waals surface area (Å²) in [6.07, 6.45) is 2.09. The summed E-state index contributed by atoms with van der Waals surface area (Å²) in [7, 11) is 4.94. The van der Waals surface area contributed by atoms with Crippen molar-refractivity contribution in [3.63, 3.8) is 0 Å². The topological polar surface area (TPSA) is 106 Å². The lowest BCUT2D eigenvalue weighted by Crippen LogP contribution is -2.35. The number of methoxy groups -OCH3 is 1. The molecular weight excluding hydrogens is 492 g/mol. The molecule has 1 amide bonds. The molecule has 1 atom stereocenters. The van der Waals surface area contributed by atoms with Crippen LogP contribution in [0.2, 0.25) is 5.02 Å². The van der Waals surface area contributed by atoms with Gasteiger partial charge in [-0.15, -0.1) is 0 Å². The molecule has 198 valence electrons. The number of nitrogens with two attached hydrogens (primary N) is 1. The number of aromatic nitrogens is 2. The molecule has 0 fully saturated rings. The van der Waals surface area contributed by atoms with Crippen molar-refractivity contribution in [2.75, 3.05) is 45.7 Å². The number of benzene rings is 1. The monoisotopic (exact) mass is 526 g/mol. The number of anilines is 1. The Kier molecular flexibility index (Phi) is 8.34. The van der Waals surface area contributed by atoms with Gasteiger partial charge in [0.1, 0.15) is 11.5 Å². The summed E-state index contributed by atoms with van der Waals surface area (Å²) in [5.74, 6) is 0.533. The number of nitrogens with zero attached hydrogens (tertiary/aromatic N) is 5. The van der Waals surface area contributed by atoms with Gasteiger partial charge in [0.25, 0.3) is 5.91 Å². The van der Waals surface area contributed by atoms with E-state index < -0.39 is 0 Å². The quantitative estimate of drug-likeness (QED) is 0.574. The lowest BCUT2D eigenvalue weighted by atomic mass is 9.94. The van der Waals surface area contributed by atoms with Gasteiger partial charge in [-0.2, -0.15) is 9.97 Å². The van der Waals surface area contributed by atoms with Gasteiger partial charge in [-0.05, 0) is 37.0 Å². The Bertz CT molecular complexity index is 1240. The lowest BCUT2D eigenvalue weighted by molar-refractivity contribution is -0.124. The molecule has 1 aromatic carbocycles. The molecule has 0 saturated carbocycles. The van der Waals surface area contributed by atoms with Crippen LogP contribution in [0.25, 0.3) is 0 Å². The summed E-state index contributed by atoms with van der Waals surface area (Å²) < 4.78 is 11.9. The fraction of sp³-hybridized carbons (Fsp3) is 0.481. The van der Waals surface area contributed by atoms with Gasteiger partial charge in [-0.1, -0.05) is 30.7 Å². The molecule has 1 unspecified atom stereocenters. The third-order valence-electron chi connectivity index (χ3n) is 6.90. The first-order chi connectivity index (χ1) is 17.7. The largest absolute Gasteiger partial charge is 0.467 e. The standard InChI is InChI=1S/C27H35ClN6O3/c1-6-17-18(9-7-10-20(17)28)23-13-21-19(15-37-23)25(32-27(31-21)36-5)34-12-8-11-30-22(14-34)16(2)24(29)26(35)33(3)4/h7,9-10,23H,6,8,11-15,29H2,1-5H3/b24-16-. The summed E-state index contributed by atoms with van der Waals surface area (Å²) in [5, 5.41) is 0.752. The minimum atomic E-state index is -0.232. The third-order valence-corrected chi connectivity index (χ3v) is 7.25. The van der Waals surface area contributed by atoms with Crippen LogP contribution in [0.3, 0.4) is 0 Å². The number of amides is 1. The molecule has 0 spiro atoms. The Balaban J connectivity index is 1.68. The second-order valence-corrected chi connectivity index (χ2v) is 9.87. The van der Waals surface area contributed by atoms with Crippen LogP contribution in [0.5, 0.6) is 6.01 Å². The van der Waals surface area contributed by atoms with Crippen molar-refractivity contribution in [2.24, 2.45) is 10.7 Å². The minimum absolute atomic E-state index is 0.156. The number of halogens is 1. The fourth-order valence-corrected chi connectivity index (χ4v) is 5.11. The van der Waals surface area contributed by atoms with E-state index in [-0.39, 0.29) is 17.7 Å². The van der Waals surface area contributed by atoms with Crippen LogP contribution >= 0.6 is 11.6 Å². The predicted molar refractivity (Wildman–Crippen MR) is 145 cm³/mol. The molecule has 1 aromatic heterocycles. The highest BCUT2D eigenvalue weighted by atomic mass is 35.5. The van der Waals surface area contributed by atoms with Crippen molar-refractivity contribution in [1.29, 1.82) is 0 Å². The van der Waals surface area contributed by atoms with E-state index in [1.807, 2.05) is 19.1 Å². The molecule has 0 saturated heterocycles. The molecule has 2 aromatic rings. The summed E-state index contributed by atoms with van der Waals surface area (Å²) in [5.41, 5.74) is 11.9. The predicted octanol–water partition coefficient (Wildman–Crippen LogP) is 3.49. The Labute approximate surface area is 223 Å². The van der Waals surface area contributed by atoms with Crippen molar-refractivity contribution < 1.29 is 14.3 Å². The van der Waals surface area contributed by atoms with Gasteiger partial charge in [0.05, 0.1) is 37.8 Å². The van der Waals surface area contributed by atoms with E-state index in [2.05, 4.69) is 17.9 Å². The molecule has 3 heterocycles. The molecule has 9 nitrogen and oxygen atoms in total. The fourth-order valence-electron chi connectivity index (χ4n) is 4.79. The normalized spacial score (nSPS) is 18.4. The molecule has 2 N–H and O–H groups in total. The molecule has 0 bridgehead atoms. The molecule has 0 aliphatic carbocycles. The summed E-state index contributed by atoms with van der Waals surface area (Å²) in [6, 6.07) is 6.26. The number of ether oxygens (including phenoxy) is 2. The summed E-state index contributed by atoms with van der Waals surface area (Å²) >= 11 is 6.48. The average Bonchev–Trinajstić information content (AvgIpc) is 3.17. The Morgan fingerprint density at radius 3 is 2.81 bits per heavy atom. The van der Waals surface area contributed by atoms with Crippen molar-refractivity contribution in [3.05, 3.63) is 56.9 Å². The Hall–Kier alpha value is -3.17. The first-order valence-electron chi connectivity index (χ1n) is 12.5. The highest BCUT2D eigenvalue weighted by Gasteiger charge is 2.30. The van der Waals surface area contributed by atoms with Gasteiger partial charge in [0.2, 0.25) is 0 Å². The maximum Gasteiger partial charge on any atom is 0.318 e. The second kappa shape index (κ2) is 11.5. The zero-order valence-electron chi connectivity index (χ0n) is 22.2. The molecule has 2 aliphatic heterocycles. The van der Waals surface area contributed by atoms with Gasteiger partial charge in [0, 0.05) is 49.8 Å². The van der Waals surface area contributed by atoms with E-state index in [4.69, 9.17) is 41.8 Å². The van der Waals surface area contributed by atoms with Crippen LogP contribution in [0.4, 0.5) is 5.82 Å². The van der Waals surface area contributed by atoms with Gasteiger partial charge in [-0.25, -0.2) is 0 Å². The molecular formula is C27H35ClN6O3. The van der Waals surface area contributed by atoms with Gasteiger partial charge in [0.15, 0.2) is 0 Å². The zero-order chi connectivity index (χ0) is 26.7. The van der Waals surface area contributed by atoms with Gasteiger partial charge < -0.3 is 25.0 Å². The molecule has 0 radical (unpaired) electrons. The summed E-state index contributed by atoms with van der Waals surface area (Å²) in [6.45, 7) is 6.17. The Morgan fingerprint density at radius 2 is 2.11 bits per heavy atom. The van der Waals surface area contributed by atoms with Crippen molar-refractivity contribution >= 4 is 29.0 Å². The van der Waals surface area contributed by atoms with Crippen LogP contribution in [-0.2, 0) is 29.0 Å². The van der Waals surface area contributed by atoms with Crippen molar-refractivity contribution in [1.82, 2.24) is 14.9 Å². The van der Waals surface area contributed by atoms with Gasteiger partial charge in [-0.3, -0.25) is 9.79 Å². The van der Waals surface area contributed by atoms with E-state index >= 15 is 0 Å². The molecule has 2 aliphatic rings. The smallest absolute Gasteiger partial charge is 0.318 e. The number of carbonyl (C=O) groups excluding carboxylic acids is 1. The van der Waals surface area contributed by atoms with Crippen LogP contribution in [0, 0.1) is 0 Å². The van der Waals surface area contributed by atoms with Crippen molar-refractivity contribution in [3.8, 4) is 6.01 Å². The number of hydrogen-bond acceptors (Lipinski definition) is 8. The highest BCUT2D eigenvalue weighted by molar-refractivity contribution is 6.31. The SMILES string of the molecule is CCc1c(Cl)cccc1C1Cc2nc(OC)nc(N3CCCN=C(/C(C)=C(\N)C(=O)N(C)C)C3)c2CO1. The van der Waals surface area contributed by atoms with Crippen LogP contribution in [0.1, 0.15) is 48.8 Å². The highest BCUT2D eigenvalue weighted by Crippen LogP contribution is 2.37. The first-order valence-corrected chi connectivity index (χ1v) is 12.9. The summed E-state index contributed by atoms with van der Waals surface area (Å²) in [4.78, 5) is 30.3. The van der Waals surface area contributed by atoms with E-state index in [9.17, 15) is 4.79 Å². The van der Waals surface area contributed by atoms with Gasteiger partial charge >= 0.3 is 6.01 Å². The third kappa shape index (κ3) is 5.57. The molecule has 4 rings (SSSR count). The van der Waals surface area contributed by atoms with Crippen LogP contribution < -0.4 is 15.4 Å². The number of hydrogen-bond donors (Lipinski definition) is 1. The number of rotatable bonds is 6. The van der Waals surface area contributed by atoms with Crippen LogP contribution in [0.15, 0.2) is 34.5 Å². The lowest BCUT2D eigenvalue weighted by Gasteiger charge is -2.31. The number of carbonyl (C=O) groups is 1. The number of aliphatic imine (C=N–C) groups is 1. The van der Waals surface area contributed by atoms with E-state index in [0.717, 1.165) is 58.3 Å². The maximum atomic E-state index is 12.5. The minimum Gasteiger partial charge on any atom is -0.467 e. The van der Waals surface area contributed by atoms with Crippen molar-refractivity contribution in [2.45, 2.75) is 45.8 Å². The zero-order valence-corrected chi connectivity index (χ0v) is 22.9. The maximum absolute atomic E-state index is 12.5. The van der Waals surface area contributed by atoms with E-state index in [1.54, 1.807) is 21.2 Å². The Morgan fingerprint density at radius 1 is 1.32 bits per heavy atom.